The molecule has 1 aromatic carbocycles. The summed E-state index contributed by atoms with van der Waals surface area (Å²) in [5.74, 6) is -4.92. The number of nitrogens with one attached hydrogen (secondary N) is 2. The Morgan fingerprint density at radius 1 is 1.00 bits per heavy atom. The summed E-state index contributed by atoms with van der Waals surface area (Å²) < 4.78 is 23.4. The average molecular weight is 474 g/mol. The molecule has 1 unspecified atom stereocenters. The van der Waals surface area contributed by atoms with E-state index in [1.54, 1.807) is 18.2 Å². The van der Waals surface area contributed by atoms with Crippen LogP contribution < -0.4 is 10.4 Å². The van der Waals surface area contributed by atoms with Crippen molar-refractivity contribution in [2.45, 2.75) is 44.7 Å². The number of hydrogen-bond donors (Lipinski definition) is 5. The highest BCUT2D eigenvalue weighted by molar-refractivity contribution is 7.51. The van der Waals surface area contributed by atoms with Crippen molar-refractivity contribution >= 4 is 31.6 Å². The van der Waals surface area contributed by atoms with Crippen molar-refractivity contribution in [2.24, 2.45) is 0 Å². The molecule has 1 amide bonds. The van der Waals surface area contributed by atoms with Gasteiger partial charge in [0, 0.05) is 12.0 Å². The minimum Gasteiger partial charge on any atom is -0.481 e. The van der Waals surface area contributed by atoms with Gasteiger partial charge in [-0.2, -0.15) is 0 Å². The van der Waals surface area contributed by atoms with E-state index in [-0.39, 0.29) is 12.2 Å². The van der Waals surface area contributed by atoms with Crippen LogP contribution in [0.1, 0.15) is 43.0 Å². The highest BCUT2D eigenvalue weighted by atomic mass is 31.2. The molecule has 0 heterocycles. The lowest BCUT2D eigenvalue weighted by atomic mass is 10.2. The molecule has 0 aliphatic rings. The largest absolute Gasteiger partial charge is 0.481 e. The van der Waals surface area contributed by atoms with E-state index >= 15 is 0 Å². The van der Waals surface area contributed by atoms with E-state index < -0.39 is 63.1 Å². The van der Waals surface area contributed by atoms with Crippen LogP contribution in [-0.2, 0) is 28.0 Å². The second-order valence-electron chi connectivity index (χ2n) is 6.66. The van der Waals surface area contributed by atoms with Gasteiger partial charge in [-0.15, -0.1) is 0 Å². The molecule has 0 saturated heterocycles. The quantitative estimate of drug-likeness (QED) is 0.173. The van der Waals surface area contributed by atoms with E-state index in [1.807, 2.05) is 6.92 Å². The van der Waals surface area contributed by atoms with E-state index in [9.17, 15) is 34.0 Å². The highest BCUT2D eigenvalue weighted by Crippen LogP contribution is 2.45. The Kier molecular flexibility index (Phi) is 11.6. The first-order valence-corrected chi connectivity index (χ1v) is 11.3. The molecule has 12 nitrogen and oxygen atoms in total. The zero-order valence-electron chi connectivity index (χ0n) is 17.4. The number of unbranched alkanes of at least 4 members (excludes halogenated alkanes) is 1. The number of carboxylic acids is 3. The maximum absolute atomic E-state index is 13.1. The molecule has 0 spiro atoms. The van der Waals surface area contributed by atoms with Gasteiger partial charge in [0.25, 0.3) is 5.91 Å². The predicted octanol–water partition coefficient (Wildman–Crippen LogP) is 1.72. The summed E-state index contributed by atoms with van der Waals surface area (Å²) in [6.07, 6.45) is 0.174. The van der Waals surface area contributed by atoms with Gasteiger partial charge in [-0.25, -0.2) is 14.4 Å². The molecule has 5 N–H and O–H groups in total. The third-order valence-corrected chi connectivity index (χ3v) is 5.71. The van der Waals surface area contributed by atoms with E-state index in [1.165, 1.54) is 12.1 Å². The third-order valence-electron chi connectivity index (χ3n) is 4.07. The molecule has 32 heavy (non-hydrogen) atoms. The van der Waals surface area contributed by atoms with Crippen molar-refractivity contribution in [3.63, 3.8) is 0 Å². The molecule has 1 rings (SSSR count). The topological polar surface area (TPSA) is 189 Å². The lowest BCUT2D eigenvalue weighted by Crippen LogP contribution is -2.44. The van der Waals surface area contributed by atoms with Gasteiger partial charge >= 0.3 is 25.7 Å². The minimum atomic E-state index is -4.37. The summed E-state index contributed by atoms with van der Waals surface area (Å²) in [7, 11) is -4.37. The molecule has 0 fully saturated rings. The number of carbonyl (C=O) groups excluding carboxylic acids is 1. The second kappa shape index (κ2) is 13.6. The Bertz CT molecular complexity index is 833. The van der Waals surface area contributed by atoms with Crippen LogP contribution in [-0.4, -0.2) is 64.4 Å². The number of amides is 1. The fourth-order valence-electron chi connectivity index (χ4n) is 2.32. The number of carboxylic acid groups (broad SMARTS) is 3. The number of hydrogen-bond acceptors (Lipinski definition) is 7. The van der Waals surface area contributed by atoms with Gasteiger partial charge in [0.1, 0.15) is 6.04 Å². The Morgan fingerprint density at radius 3 is 2.16 bits per heavy atom. The van der Waals surface area contributed by atoms with Gasteiger partial charge < -0.3 is 20.6 Å². The summed E-state index contributed by atoms with van der Waals surface area (Å²) in [5.41, 5.74) is 0.193. The smallest absolute Gasteiger partial charge is 0.406 e. The summed E-state index contributed by atoms with van der Waals surface area (Å²) in [6, 6.07) is 4.59. The van der Waals surface area contributed by atoms with Crippen molar-refractivity contribution in [1.29, 1.82) is 0 Å². The van der Waals surface area contributed by atoms with Crippen molar-refractivity contribution < 1.29 is 48.1 Å². The van der Waals surface area contributed by atoms with E-state index in [2.05, 4.69) is 10.4 Å². The Morgan fingerprint density at radius 2 is 1.62 bits per heavy atom. The van der Waals surface area contributed by atoms with E-state index in [4.69, 9.17) is 14.2 Å². The van der Waals surface area contributed by atoms with Crippen molar-refractivity contribution in [1.82, 2.24) is 10.4 Å². The summed E-state index contributed by atoms with van der Waals surface area (Å²) in [4.78, 5) is 46.0. The van der Waals surface area contributed by atoms with Crippen LogP contribution in [0.3, 0.4) is 0 Å². The number of rotatable bonds is 16. The summed E-state index contributed by atoms with van der Waals surface area (Å²) in [6.45, 7) is 0.949. The minimum absolute atomic E-state index is 0.0832. The van der Waals surface area contributed by atoms with Crippen LogP contribution in [0.4, 0.5) is 0 Å². The predicted molar refractivity (Wildman–Crippen MR) is 111 cm³/mol. The first-order chi connectivity index (χ1) is 15.1. The fraction of sp³-hybridized carbons (Fsp3) is 0.474. The SMILES string of the molecule is CCCCOP(=O)(N[C@@H](CCC(=O)O)C(=O)O)OC[C@H](NC(=O)c1ccccc1)C(=O)O. The van der Waals surface area contributed by atoms with Gasteiger partial charge in [0.05, 0.1) is 13.2 Å². The molecule has 0 aromatic heterocycles. The van der Waals surface area contributed by atoms with Crippen LogP contribution in [0.15, 0.2) is 30.3 Å². The lowest BCUT2D eigenvalue weighted by molar-refractivity contribution is -0.142. The number of benzene rings is 1. The molecule has 3 atom stereocenters. The van der Waals surface area contributed by atoms with Crippen LogP contribution in [0.25, 0.3) is 0 Å². The first-order valence-electron chi connectivity index (χ1n) is 9.78. The maximum Gasteiger partial charge on any atom is 0.406 e. The first kappa shape index (κ1) is 27.2. The normalized spacial score (nSPS) is 14.7. The third kappa shape index (κ3) is 10.0. The van der Waals surface area contributed by atoms with E-state index in [0.717, 1.165) is 0 Å². The molecule has 0 aliphatic carbocycles. The van der Waals surface area contributed by atoms with Crippen LogP contribution in [0.5, 0.6) is 0 Å². The fourth-order valence-corrected chi connectivity index (χ4v) is 3.88. The van der Waals surface area contributed by atoms with Crippen molar-refractivity contribution in [3.8, 4) is 0 Å². The Hall–Kier alpha value is -2.79. The molecule has 178 valence electrons. The lowest BCUT2D eigenvalue weighted by Gasteiger charge is -2.24. The molecule has 0 aliphatic heterocycles. The second-order valence-corrected chi connectivity index (χ2v) is 8.43. The highest BCUT2D eigenvalue weighted by Gasteiger charge is 2.34. The summed E-state index contributed by atoms with van der Waals surface area (Å²) >= 11 is 0. The number of carbonyl (C=O) groups is 4. The Labute approximate surface area is 184 Å². The standard InChI is InChI=1S/C19H27N2O10P/c1-2-3-11-30-32(29,21-14(18(25)26)9-10-16(22)23)31-12-15(19(27)28)20-17(24)13-7-5-4-6-8-13/h4-8,14-15H,2-3,9-12H2,1H3,(H,20,24)(H,21,29)(H,22,23)(H,25,26)(H,27,28)/t14-,15-,32?/m0/s1. The summed E-state index contributed by atoms with van der Waals surface area (Å²) in [5, 5.41) is 31.8. The van der Waals surface area contributed by atoms with Gasteiger partial charge in [0.15, 0.2) is 6.04 Å². The molecule has 13 heteroatoms. The van der Waals surface area contributed by atoms with Gasteiger partial charge in [-0.1, -0.05) is 31.5 Å². The maximum atomic E-state index is 13.1. The average Bonchev–Trinajstić information content (AvgIpc) is 2.74. The van der Waals surface area contributed by atoms with Crippen LogP contribution >= 0.6 is 7.75 Å². The number of aliphatic carboxylic acids is 3. The molecule has 0 bridgehead atoms. The zero-order chi connectivity index (χ0) is 24.1. The molecular formula is C19H27N2O10P. The Balaban J connectivity index is 2.92. The molecular weight excluding hydrogens is 447 g/mol. The zero-order valence-corrected chi connectivity index (χ0v) is 18.3. The molecule has 1 aromatic rings. The van der Waals surface area contributed by atoms with Crippen molar-refractivity contribution in [3.05, 3.63) is 35.9 Å². The van der Waals surface area contributed by atoms with Crippen LogP contribution in [0, 0.1) is 0 Å². The molecule has 0 radical (unpaired) electrons. The van der Waals surface area contributed by atoms with Crippen LogP contribution in [0.2, 0.25) is 0 Å². The monoisotopic (exact) mass is 474 g/mol. The van der Waals surface area contributed by atoms with Gasteiger partial charge in [0.2, 0.25) is 0 Å². The van der Waals surface area contributed by atoms with E-state index in [0.29, 0.717) is 12.8 Å². The van der Waals surface area contributed by atoms with Crippen molar-refractivity contribution in [2.75, 3.05) is 13.2 Å². The van der Waals surface area contributed by atoms with Gasteiger partial charge in [-0.3, -0.25) is 23.4 Å². The molecule has 0 saturated carbocycles. The van der Waals surface area contributed by atoms with Gasteiger partial charge in [-0.05, 0) is 25.0 Å².